The van der Waals surface area contributed by atoms with Crippen LogP contribution >= 0.6 is 0 Å². The highest BCUT2D eigenvalue weighted by Gasteiger charge is 2.10. The maximum atomic E-state index is 11.9. The normalized spacial score (nSPS) is 10.7. The number of hydrogen-bond acceptors (Lipinski definition) is 4. The van der Waals surface area contributed by atoms with E-state index in [2.05, 4.69) is 6.92 Å². The van der Waals surface area contributed by atoms with E-state index >= 15 is 0 Å². The second-order valence-electron chi connectivity index (χ2n) is 7.93. The van der Waals surface area contributed by atoms with Crippen LogP contribution in [-0.2, 0) is 14.3 Å². The van der Waals surface area contributed by atoms with Gasteiger partial charge in [0.2, 0.25) is 0 Å². The minimum atomic E-state index is -0.304. The molecule has 1 aromatic carbocycles. The smallest absolute Gasteiger partial charge is 0.311 e. The molecule has 1 aromatic rings. The molecule has 0 aliphatic carbocycles. The molecule has 0 bridgehead atoms. The van der Waals surface area contributed by atoms with Crippen LogP contribution in [0.5, 0.6) is 5.75 Å². The van der Waals surface area contributed by atoms with Crippen molar-refractivity contribution < 1.29 is 19.1 Å². The number of esters is 2. The summed E-state index contributed by atoms with van der Waals surface area (Å²) in [6.07, 6.45) is 13.6. The van der Waals surface area contributed by atoms with Gasteiger partial charge in [0.1, 0.15) is 5.75 Å². The molecular formula is C25H40O4. The molecule has 0 atom stereocenters. The molecule has 0 heterocycles. The molecule has 164 valence electrons. The lowest BCUT2D eigenvalue weighted by Gasteiger charge is -2.09. The van der Waals surface area contributed by atoms with E-state index in [0.717, 1.165) is 24.0 Å². The highest BCUT2D eigenvalue weighted by Crippen LogP contribution is 2.21. The minimum Gasteiger partial charge on any atom is -0.466 e. The lowest BCUT2D eigenvalue weighted by Crippen LogP contribution is -2.11. The van der Waals surface area contributed by atoms with E-state index in [0.29, 0.717) is 18.8 Å². The van der Waals surface area contributed by atoms with Crippen molar-refractivity contribution in [3.8, 4) is 5.75 Å². The van der Waals surface area contributed by atoms with Gasteiger partial charge in [-0.1, -0.05) is 76.8 Å². The summed E-state index contributed by atoms with van der Waals surface area (Å²) in [5, 5.41) is 0. The predicted molar refractivity (Wildman–Crippen MR) is 118 cm³/mol. The summed E-state index contributed by atoms with van der Waals surface area (Å²) in [7, 11) is 0. The van der Waals surface area contributed by atoms with Crippen LogP contribution in [0.3, 0.4) is 0 Å². The van der Waals surface area contributed by atoms with Crippen molar-refractivity contribution in [1.29, 1.82) is 0 Å². The molecule has 4 nitrogen and oxygen atoms in total. The van der Waals surface area contributed by atoms with Gasteiger partial charge in [0, 0.05) is 12.8 Å². The third kappa shape index (κ3) is 12.4. The van der Waals surface area contributed by atoms with Gasteiger partial charge in [-0.3, -0.25) is 9.59 Å². The molecule has 0 aromatic heterocycles. The Kier molecular flexibility index (Phi) is 13.9. The summed E-state index contributed by atoms with van der Waals surface area (Å²) in [5.41, 5.74) is 2.06. The van der Waals surface area contributed by atoms with E-state index in [1.165, 1.54) is 51.4 Å². The lowest BCUT2D eigenvalue weighted by molar-refractivity contribution is -0.144. The van der Waals surface area contributed by atoms with Crippen LogP contribution in [0, 0.1) is 13.8 Å². The van der Waals surface area contributed by atoms with Crippen molar-refractivity contribution in [2.45, 2.75) is 104 Å². The van der Waals surface area contributed by atoms with Crippen molar-refractivity contribution in [3.63, 3.8) is 0 Å². The van der Waals surface area contributed by atoms with Crippen LogP contribution < -0.4 is 4.74 Å². The Morgan fingerprint density at radius 1 is 0.759 bits per heavy atom. The van der Waals surface area contributed by atoms with Crippen LogP contribution in [0.15, 0.2) is 18.2 Å². The fourth-order valence-electron chi connectivity index (χ4n) is 3.23. The number of unbranched alkanes of at least 4 members (excludes halogenated alkanes) is 9. The molecule has 0 N–H and O–H groups in total. The van der Waals surface area contributed by atoms with Gasteiger partial charge >= 0.3 is 11.9 Å². The fourth-order valence-corrected chi connectivity index (χ4v) is 3.23. The first-order chi connectivity index (χ1) is 14.0. The zero-order valence-corrected chi connectivity index (χ0v) is 18.8. The predicted octanol–water partition coefficient (Wildman–Crippen LogP) is 6.84. The number of ether oxygens (including phenoxy) is 2. The molecule has 4 heteroatoms. The summed E-state index contributed by atoms with van der Waals surface area (Å²) in [5.74, 6) is 0.0696. The Labute approximate surface area is 177 Å². The number of benzene rings is 1. The standard InChI is InChI=1S/C25H40O4/c1-4-5-6-7-8-9-10-11-12-13-20-28-24(26)18-15-19-25(27)29-23-17-14-16-21(2)22(23)3/h14,16-17H,4-13,15,18-20H2,1-3H3. The van der Waals surface area contributed by atoms with E-state index < -0.39 is 0 Å². The Bertz CT molecular complexity index is 594. The number of aryl methyl sites for hydroxylation is 1. The first-order valence-electron chi connectivity index (χ1n) is 11.5. The molecule has 0 aliphatic rings. The molecule has 0 fully saturated rings. The number of carbonyl (C=O) groups is 2. The van der Waals surface area contributed by atoms with Crippen LogP contribution in [0.2, 0.25) is 0 Å². The highest BCUT2D eigenvalue weighted by molar-refractivity contribution is 5.74. The largest absolute Gasteiger partial charge is 0.466 e. The summed E-state index contributed by atoms with van der Waals surface area (Å²) < 4.78 is 10.6. The molecule has 0 radical (unpaired) electrons. The average molecular weight is 405 g/mol. The van der Waals surface area contributed by atoms with Gasteiger partial charge in [-0.25, -0.2) is 0 Å². The van der Waals surface area contributed by atoms with Gasteiger partial charge in [-0.15, -0.1) is 0 Å². The summed E-state index contributed by atoms with van der Waals surface area (Å²) in [6, 6.07) is 5.65. The number of rotatable bonds is 16. The molecule has 29 heavy (non-hydrogen) atoms. The van der Waals surface area contributed by atoms with Gasteiger partial charge in [-0.2, -0.15) is 0 Å². The Balaban J connectivity index is 1.97. The van der Waals surface area contributed by atoms with Gasteiger partial charge in [0.25, 0.3) is 0 Å². The van der Waals surface area contributed by atoms with Crippen molar-refractivity contribution in [2.24, 2.45) is 0 Å². The van der Waals surface area contributed by atoms with Crippen molar-refractivity contribution in [3.05, 3.63) is 29.3 Å². The van der Waals surface area contributed by atoms with E-state index in [1.54, 1.807) is 6.07 Å². The first kappa shape index (κ1) is 25.2. The van der Waals surface area contributed by atoms with E-state index in [9.17, 15) is 9.59 Å². The third-order valence-electron chi connectivity index (χ3n) is 5.30. The van der Waals surface area contributed by atoms with Crippen molar-refractivity contribution in [2.75, 3.05) is 6.61 Å². The maximum Gasteiger partial charge on any atom is 0.311 e. The van der Waals surface area contributed by atoms with E-state index in [-0.39, 0.29) is 24.8 Å². The van der Waals surface area contributed by atoms with Crippen molar-refractivity contribution >= 4 is 11.9 Å². The third-order valence-corrected chi connectivity index (χ3v) is 5.30. The van der Waals surface area contributed by atoms with E-state index in [1.807, 2.05) is 26.0 Å². The second kappa shape index (κ2) is 16.0. The summed E-state index contributed by atoms with van der Waals surface area (Å²) in [6.45, 7) is 6.65. The minimum absolute atomic E-state index is 0.222. The fraction of sp³-hybridized carbons (Fsp3) is 0.680. The quantitative estimate of drug-likeness (QED) is 0.172. The maximum absolute atomic E-state index is 11.9. The molecule has 0 saturated heterocycles. The van der Waals surface area contributed by atoms with Gasteiger partial charge in [0.15, 0.2) is 0 Å². The molecule has 0 spiro atoms. The molecule has 0 aliphatic heterocycles. The molecule has 1 rings (SSSR count). The number of hydrogen-bond donors (Lipinski definition) is 0. The van der Waals surface area contributed by atoms with Crippen molar-refractivity contribution in [1.82, 2.24) is 0 Å². The molecule has 0 amide bonds. The highest BCUT2D eigenvalue weighted by atomic mass is 16.5. The zero-order valence-electron chi connectivity index (χ0n) is 18.8. The van der Waals surface area contributed by atoms with Crippen LogP contribution in [0.4, 0.5) is 0 Å². The summed E-state index contributed by atoms with van der Waals surface area (Å²) >= 11 is 0. The summed E-state index contributed by atoms with van der Waals surface area (Å²) in [4.78, 5) is 23.7. The van der Waals surface area contributed by atoms with Gasteiger partial charge in [-0.05, 0) is 43.9 Å². The molecular weight excluding hydrogens is 364 g/mol. The first-order valence-corrected chi connectivity index (χ1v) is 11.5. The zero-order chi connectivity index (χ0) is 21.3. The van der Waals surface area contributed by atoms with Crippen LogP contribution in [0.25, 0.3) is 0 Å². The molecule has 0 saturated carbocycles. The van der Waals surface area contributed by atoms with E-state index in [4.69, 9.17) is 9.47 Å². The second-order valence-corrected chi connectivity index (χ2v) is 7.93. The Morgan fingerprint density at radius 3 is 2.00 bits per heavy atom. The number of carbonyl (C=O) groups excluding carboxylic acids is 2. The van der Waals surface area contributed by atoms with Gasteiger partial charge in [0.05, 0.1) is 6.61 Å². The monoisotopic (exact) mass is 404 g/mol. The average Bonchev–Trinajstić information content (AvgIpc) is 2.69. The van der Waals surface area contributed by atoms with Crippen LogP contribution in [0.1, 0.15) is 102 Å². The topological polar surface area (TPSA) is 52.6 Å². The SMILES string of the molecule is CCCCCCCCCCCCOC(=O)CCCC(=O)Oc1cccc(C)c1C. The van der Waals surface area contributed by atoms with Crippen LogP contribution in [-0.4, -0.2) is 18.5 Å². The Morgan fingerprint density at radius 2 is 1.34 bits per heavy atom. The lowest BCUT2D eigenvalue weighted by atomic mass is 10.1. The molecule has 0 unspecified atom stereocenters. The van der Waals surface area contributed by atoms with Gasteiger partial charge < -0.3 is 9.47 Å². The Hall–Kier alpha value is -1.84.